The summed E-state index contributed by atoms with van der Waals surface area (Å²) in [7, 11) is -3.52. The van der Waals surface area contributed by atoms with Crippen LogP contribution in [0.1, 0.15) is 64.5 Å². The van der Waals surface area contributed by atoms with Gasteiger partial charge >= 0.3 is 0 Å². The third-order valence-electron chi connectivity index (χ3n) is 3.50. The van der Waals surface area contributed by atoms with Crippen molar-refractivity contribution in [2.75, 3.05) is 0 Å². The van der Waals surface area contributed by atoms with E-state index in [9.17, 15) is 13.5 Å². The lowest BCUT2D eigenvalue weighted by Crippen LogP contribution is -2.32. The first-order valence-corrected chi connectivity index (χ1v) is 9.15. The number of aliphatic hydroxyl groups is 1. The van der Waals surface area contributed by atoms with Crippen LogP contribution in [0.3, 0.4) is 0 Å². The maximum Gasteiger partial charge on any atom is 0.240 e. The molecule has 0 aliphatic rings. The van der Waals surface area contributed by atoms with Crippen LogP contribution in [0.25, 0.3) is 0 Å². The number of benzene rings is 1. The Morgan fingerprint density at radius 1 is 1.19 bits per heavy atom. The van der Waals surface area contributed by atoms with Crippen molar-refractivity contribution >= 4 is 10.0 Å². The van der Waals surface area contributed by atoms with Gasteiger partial charge < -0.3 is 5.11 Å². The lowest BCUT2D eigenvalue weighted by molar-refractivity contribution is 0.199. The summed E-state index contributed by atoms with van der Waals surface area (Å²) in [5, 5.41) is 9.55. The van der Waals surface area contributed by atoms with Gasteiger partial charge in [0.2, 0.25) is 10.0 Å². The van der Waals surface area contributed by atoms with E-state index < -0.39 is 16.1 Å². The number of unbranched alkanes of at least 4 members (excludes halogenated alkanes) is 3. The number of hydrogen-bond acceptors (Lipinski definition) is 3. The van der Waals surface area contributed by atoms with Crippen LogP contribution in [0.5, 0.6) is 0 Å². The lowest BCUT2D eigenvalue weighted by atomic mass is 10.1. The second kappa shape index (κ2) is 8.51. The first-order valence-electron chi connectivity index (χ1n) is 7.67. The average molecular weight is 313 g/mol. The van der Waals surface area contributed by atoms with Crippen LogP contribution >= 0.6 is 0 Å². The fourth-order valence-electron chi connectivity index (χ4n) is 2.21. The van der Waals surface area contributed by atoms with Crippen LogP contribution in [0.4, 0.5) is 0 Å². The molecule has 0 heterocycles. The van der Waals surface area contributed by atoms with Gasteiger partial charge in [0.05, 0.1) is 11.0 Å². The van der Waals surface area contributed by atoms with Gasteiger partial charge in [-0.25, -0.2) is 13.1 Å². The first-order chi connectivity index (χ1) is 9.86. The molecule has 0 fully saturated rings. The zero-order valence-corrected chi connectivity index (χ0v) is 14.0. The quantitative estimate of drug-likeness (QED) is 0.687. The number of nitrogens with one attached hydrogen (secondary N) is 1. The van der Waals surface area contributed by atoms with Crippen molar-refractivity contribution in [2.24, 2.45) is 0 Å². The van der Waals surface area contributed by atoms with Crippen molar-refractivity contribution in [1.29, 1.82) is 0 Å². The standard InChI is InChI=1S/C16H27NO3S/c1-4-5-6-7-9-13(2)17-21(19,20)16-11-8-10-15(12-16)14(3)18/h8,10-14,17-18H,4-7,9H2,1-3H3. The van der Waals surface area contributed by atoms with E-state index in [0.717, 1.165) is 19.3 Å². The van der Waals surface area contributed by atoms with Gasteiger partial charge in [-0.1, -0.05) is 44.7 Å². The molecule has 5 heteroatoms. The maximum atomic E-state index is 12.3. The molecule has 0 aromatic heterocycles. The third-order valence-corrected chi connectivity index (χ3v) is 5.09. The molecule has 0 bridgehead atoms. The van der Waals surface area contributed by atoms with Crippen molar-refractivity contribution in [1.82, 2.24) is 4.72 Å². The van der Waals surface area contributed by atoms with Gasteiger partial charge in [0, 0.05) is 6.04 Å². The predicted octanol–water partition coefficient (Wildman–Crippen LogP) is 3.38. The van der Waals surface area contributed by atoms with Crippen LogP contribution in [-0.4, -0.2) is 19.6 Å². The van der Waals surface area contributed by atoms with Gasteiger partial charge in [-0.15, -0.1) is 0 Å². The van der Waals surface area contributed by atoms with Crippen molar-refractivity contribution in [3.63, 3.8) is 0 Å². The minimum atomic E-state index is -3.52. The van der Waals surface area contributed by atoms with Crippen molar-refractivity contribution < 1.29 is 13.5 Å². The normalized spacial score (nSPS) is 14.9. The molecule has 2 atom stereocenters. The molecule has 120 valence electrons. The van der Waals surface area contributed by atoms with Crippen LogP contribution in [-0.2, 0) is 10.0 Å². The zero-order valence-electron chi connectivity index (χ0n) is 13.2. The Morgan fingerprint density at radius 2 is 1.90 bits per heavy atom. The highest BCUT2D eigenvalue weighted by molar-refractivity contribution is 7.89. The molecule has 1 aromatic carbocycles. The van der Waals surface area contributed by atoms with Gasteiger partial charge in [-0.05, 0) is 38.0 Å². The fraction of sp³-hybridized carbons (Fsp3) is 0.625. The SMILES string of the molecule is CCCCCCC(C)NS(=O)(=O)c1cccc(C(C)O)c1. The molecule has 0 saturated heterocycles. The average Bonchev–Trinajstić information content (AvgIpc) is 2.43. The lowest BCUT2D eigenvalue weighted by Gasteiger charge is -2.15. The first kappa shape index (κ1) is 18.1. The molecule has 0 amide bonds. The topological polar surface area (TPSA) is 66.4 Å². The molecule has 2 N–H and O–H groups in total. The van der Waals surface area contributed by atoms with E-state index in [0.29, 0.717) is 5.56 Å². The number of hydrogen-bond donors (Lipinski definition) is 2. The van der Waals surface area contributed by atoms with Crippen LogP contribution in [0, 0.1) is 0 Å². The second-order valence-corrected chi connectivity index (χ2v) is 7.33. The molecule has 1 rings (SSSR count). The Hall–Kier alpha value is -0.910. The highest BCUT2D eigenvalue weighted by Crippen LogP contribution is 2.18. The Morgan fingerprint density at radius 3 is 2.52 bits per heavy atom. The summed E-state index contributed by atoms with van der Waals surface area (Å²) in [5.74, 6) is 0. The van der Waals surface area contributed by atoms with E-state index in [1.807, 2.05) is 6.92 Å². The molecular formula is C16H27NO3S. The summed E-state index contributed by atoms with van der Waals surface area (Å²) in [6.07, 6.45) is 4.70. The number of aliphatic hydroxyl groups excluding tert-OH is 1. The van der Waals surface area contributed by atoms with Gasteiger partial charge in [0.15, 0.2) is 0 Å². The van der Waals surface area contributed by atoms with E-state index in [1.54, 1.807) is 25.1 Å². The van der Waals surface area contributed by atoms with Gasteiger partial charge in [-0.3, -0.25) is 0 Å². The third kappa shape index (κ3) is 6.16. The van der Waals surface area contributed by atoms with E-state index in [1.165, 1.54) is 18.9 Å². The van der Waals surface area contributed by atoms with Crippen LogP contribution in [0.2, 0.25) is 0 Å². The summed E-state index contributed by atoms with van der Waals surface area (Å²) in [4.78, 5) is 0.210. The second-order valence-electron chi connectivity index (χ2n) is 5.62. The summed E-state index contributed by atoms with van der Waals surface area (Å²) >= 11 is 0. The molecule has 21 heavy (non-hydrogen) atoms. The monoisotopic (exact) mass is 313 g/mol. The minimum Gasteiger partial charge on any atom is -0.389 e. The van der Waals surface area contributed by atoms with E-state index >= 15 is 0 Å². The van der Waals surface area contributed by atoms with Crippen molar-refractivity contribution in [2.45, 2.75) is 69.9 Å². The maximum absolute atomic E-state index is 12.3. The van der Waals surface area contributed by atoms with Crippen LogP contribution < -0.4 is 4.72 Å². The van der Waals surface area contributed by atoms with E-state index in [2.05, 4.69) is 11.6 Å². The van der Waals surface area contributed by atoms with E-state index in [-0.39, 0.29) is 10.9 Å². The molecule has 0 radical (unpaired) electrons. The molecule has 0 aliphatic carbocycles. The Labute approximate surface area is 128 Å². The number of rotatable bonds is 9. The van der Waals surface area contributed by atoms with Gasteiger partial charge in [0.1, 0.15) is 0 Å². The molecule has 0 spiro atoms. The Bertz CT molecular complexity index is 526. The summed E-state index contributed by atoms with van der Waals surface area (Å²) < 4.78 is 27.3. The highest BCUT2D eigenvalue weighted by atomic mass is 32.2. The fourth-order valence-corrected chi connectivity index (χ4v) is 3.54. The van der Waals surface area contributed by atoms with Gasteiger partial charge in [-0.2, -0.15) is 0 Å². The molecule has 1 aromatic rings. The molecular weight excluding hydrogens is 286 g/mol. The van der Waals surface area contributed by atoms with Crippen molar-refractivity contribution in [3.05, 3.63) is 29.8 Å². The smallest absolute Gasteiger partial charge is 0.240 e. The molecule has 0 aliphatic heterocycles. The minimum absolute atomic E-state index is 0.0814. The Balaban J connectivity index is 2.66. The summed E-state index contributed by atoms with van der Waals surface area (Å²) in [5.41, 5.74) is 0.605. The zero-order chi connectivity index (χ0) is 15.9. The summed E-state index contributed by atoms with van der Waals surface area (Å²) in [6, 6.07) is 6.37. The largest absolute Gasteiger partial charge is 0.389 e. The van der Waals surface area contributed by atoms with Crippen LogP contribution in [0.15, 0.2) is 29.2 Å². The molecule has 2 unspecified atom stereocenters. The highest BCUT2D eigenvalue weighted by Gasteiger charge is 2.18. The Kier molecular flexibility index (Phi) is 7.35. The number of sulfonamides is 1. The van der Waals surface area contributed by atoms with Crippen molar-refractivity contribution in [3.8, 4) is 0 Å². The molecule has 0 saturated carbocycles. The summed E-state index contributed by atoms with van der Waals surface area (Å²) in [6.45, 7) is 5.67. The molecule has 4 nitrogen and oxygen atoms in total. The van der Waals surface area contributed by atoms with Gasteiger partial charge in [0.25, 0.3) is 0 Å². The van der Waals surface area contributed by atoms with E-state index in [4.69, 9.17) is 0 Å². The predicted molar refractivity (Wildman–Crippen MR) is 85.6 cm³/mol.